The van der Waals surface area contributed by atoms with Gasteiger partial charge in [-0.05, 0) is 55.7 Å². The molecule has 144 valence electrons. The maximum absolute atomic E-state index is 13.1. The third-order valence-electron chi connectivity index (χ3n) is 4.42. The summed E-state index contributed by atoms with van der Waals surface area (Å²) in [6.07, 6.45) is 1.66. The molecular weight excluding hydrogens is 357 g/mol. The molecule has 3 aromatic rings. The first kappa shape index (κ1) is 19.5. The van der Waals surface area contributed by atoms with Gasteiger partial charge in [0.15, 0.2) is 0 Å². The molecule has 0 saturated carbocycles. The van der Waals surface area contributed by atoms with Gasteiger partial charge in [0.05, 0.1) is 5.69 Å². The molecule has 1 atom stereocenters. The van der Waals surface area contributed by atoms with E-state index in [9.17, 15) is 14.0 Å². The normalized spacial score (nSPS) is 11.8. The molecule has 1 amide bonds. The van der Waals surface area contributed by atoms with Crippen LogP contribution in [0, 0.1) is 5.82 Å². The van der Waals surface area contributed by atoms with Gasteiger partial charge in [0, 0.05) is 17.7 Å². The number of rotatable bonds is 7. The van der Waals surface area contributed by atoms with E-state index in [1.165, 1.54) is 23.8 Å². The molecule has 0 fully saturated rings. The van der Waals surface area contributed by atoms with E-state index in [2.05, 4.69) is 22.5 Å². The molecule has 0 bridgehead atoms. The smallest absolute Gasteiger partial charge is 0.267 e. The lowest BCUT2D eigenvalue weighted by Gasteiger charge is -2.14. The number of carbonyl (C=O) groups is 1. The molecule has 6 heteroatoms. The van der Waals surface area contributed by atoms with Crippen LogP contribution in [-0.2, 0) is 17.8 Å². The first-order chi connectivity index (χ1) is 13.5. The highest BCUT2D eigenvalue weighted by molar-refractivity contribution is 5.76. The molecule has 0 aliphatic heterocycles. The Kier molecular flexibility index (Phi) is 6.32. The molecule has 28 heavy (non-hydrogen) atoms. The Morgan fingerprint density at radius 3 is 2.50 bits per heavy atom. The third-order valence-corrected chi connectivity index (χ3v) is 4.42. The van der Waals surface area contributed by atoms with Gasteiger partial charge in [-0.2, -0.15) is 5.10 Å². The zero-order valence-corrected chi connectivity index (χ0v) is 15.6. The summed E-state index contributed by atoms with van der Waals surface area (Å²) >= 11 is 0. The monoisotopic (exact) mass is 379 g/mol. The van der Waals surface area contributed by atoms with Crippen molar-refractivity contribution >= 4 is 5.91 Å². The number of carbonyl (C=O) groups excluding carboxylic acids is 1. The van der Waals surface area contributed by atoms with Crippen molar-refractivity contribution in [3.05, 3.63) is 88.5 Å². The number of amides is 1. The van der Waals surface area contributed by atoms with Crippen molar-refractivity contribution in [1.29, 1.82) is 0 Å². The lowest BCUT2D eigenvalue weighted by Crippen LogP contribution is -2.38. The second-order valence-electron chi connectivity index (χ2n) is 6.71. The second-order valence-corrected chi connectivity index (χ2v) is 6.71. The first-order valence-corrected chi connectivity index (χ1v) is 9.18. The Balaban J connectivity index is 1.61. The number of aromatic nitrogens is 2. The molecule has 0 aliphatic rings. The molecule has 0 unspecified atom stereocenters. The summed E-state index contributed by atoms with van der Waals surface area (Å²) in [5.74, 6) is -0.618. The molecular formula is C22H22FN3O2. The number of aryl methyl sites for hydroxylation is 1. The van der Waals surface area contributed by atoms with Crippen LogP contribution < -0.4 is 10.9 Å². The topological polar surface area (TPSA) is 64.0 Å². The van der Waals surface area contributed by atoms with Crippen LogP contribution in [0.15, 0.2) is 71.5 Å². The zero-order valence-electron chi connectivity index (χ0n) is 15.6. The molecule has 2 aromatic carbocycles. The fraction of sp³-hybridized carbons (Fsp3) is 0.227. The van der Waals surface area contributed by atoms with E-state index in [0.29, 0.717) is 11.3 Å². The molecule has 0 saturated heterocycles. The Morgan fingerprint density at radius 1 is 1.07 bits per heavy atom. The highest BCUT2D eigenvalue weighted by Crippen LogP contribution is 2.15. The number of hydrogen-bond donors (Lipinski definition) is 1. The van der Waals surface area contributed by atoms with Gasteiger partial charge in [0.2, 0.25) is 5.91 Å². The van der Waals surface area contributed by atoms with Crippen molar-refractivity contribution in [3.63, 3.8) is 0 Å². The van der Waals surface area contributed by atoms with Gasteiger partial charge < -0.3 is 5.32 Å². The zero-order chi connectivity index (χ0) is 19.9. The molecule has 0 aliphatic carbocycles. The van der Waals surface area contributed by atoms with Gasteiger partial charge in [-0.1, -0.05) is 30.3 Å². The van der Waals surface area contributed by atoms with Crippen LogP contribution in [0.3, 0.4) is 0 Å². The fourth-order valence-electron chi connectivity index (χ4n) is 2.89. The summed E-state index contributed by atoms with van der Waals surface area (Å²) in [5.41, 5.74) is 2.03. The molecule has 3 rings (SSSR count). The average Bonchev–Trinajstić information content (AvgIpc) is 2.69. The summed E-state index contributed by atoms with van der Waals surface area (Å²) in [7, 11) is 0. The van der Waals surface area contributed by atoms with Crippen LogP contribution in [0.25, 0.3) is 11.3 Å². The fourth-order valence-corrected chi connectivity index (χ4v) is 2.89. The maximum atomic E-state index is 13.1. The summed E-state index contributed by atoms with van der Waals surface area (Å²) in [6.45, 7) is 1.77. The Hall–Kier alpha value is -3.28. The van der Waals surface area contributed by atoms with Crippen LogP contribution in [0.4, 0.5) is 4.39 Å². The molecule has 1 heterocycles. The number of hydrogen-bond acceptors (Lipinski definition) is 3. The van der Waals surface area contributed by atoms with E-state index in [-0.39, 0.29) is 29.9 Å². The van der Waals surface area contributed by atoms with Crippen LogP contribution in [0.5, 0.6) is 0 Å². The van der Waals surface area contributed by atoms with Crippen molar-refractivity contribution in [1.82, 2.24) is 15.1 Å². The number of halogens is 1. The number of benzene rings is 2. The Labute approximate surface area is 162 Å². The van der Waals surface area contributed by atoms with Crippen LogP contribution in [-0.4, -0.2) is 21.7 Å². The second kappa shape index (κ2) is 9.08. The van der Waals surface area contributed by atoms with Crippen molar-refractivity contribution in [2.45, 2.75) is 32.4 Å². The molecule has 1 aromatic heterocycles. The highest BCUT2D eigenvalue weighted by Gasteiger charge is 2.11. The van der Waals surface area contributed by atoms with Gasteiger partial charge in [0.1, 0.15) is 12.4 Å². The van der Waals surface area contributed by atoms with Crippen LogP contribution in [0.1, 0.15) is 18.9 Å². The van der Waals surface area contributed by atoms with Gasteiger partial charge in [-0.15, -0.1) is 0 Å². The first-order valence-electron chi connectivity index (χ1n) is 9.18. The van der Waals surface area contributed by atoms with E-state index in [1.807, 2.05) is 25.1 Å². The Morgan fingerprint density at radius 2 is 1.79 bits per heavy atom. The quantitative estimate of drug-likeness (QED) is 0.686. The summed E-state index contributed by atoms with van der Waals surface area (Å²) in [6, 6.07) is 18.8. The molecule has 5 nitrogen and oxygen atoms in total. The standard InChI is InChI=1S/C22H22FN3O2/c1-16(7-8-17-5-3-2-4-6-17)24-21(27)15-26-22(28)14-13-20(25-26)18-9-11-19(23)12-10-18/h2-6,9-14,16H,7-8,15H2,1H3,(H,24,27)/t16-/m0/s1. The lowest BCUT2D eigenvalue weighted by molar-refractivity contribution is -0.122. The van der Waals surface area contributed by atoms with Gasteiger partial charge >= 0.3 is 0 Å². The van der Waals surface area contributed by atoms with E-state index >= 15 is 0 Å². The minimum absolute atomic E-state index is 0.0244. The van der Waals surface area contributed by atoms with Crippen molar-refractivity contribution in [2.75, 3.05) is 0 Å². The average molecular weight is 379 g/mol. The number of nitrogens with zero attached hydrogens (tertiary/aromatic N) is 2. The lowest BCUT2D eigenvalue weighted by atomic mass is 10.1. The van der Waals surface area contributed by atoms with E-state index < -0.39 is 0 Å². The molecule has 0 spiro atoms. The van der Waals surface area contributed by atoms with Crippen LogP contribution >= 0.6 is 0 Å². The third kappa shape index (κ3) is 5.36. The van der Waals surface area contributed by atoms with Crippen molar-refractivity contribution < 1.29 is 9.18 Å². The SMILES string of the molecule is C[C@@H](CCc1ccccc1)NC(=O)Cn1nc(-c2ccc(F)cc2)ccc1=O. The van der Waals surface area contributed by atoms with E-state index in [4.69, 9.17) is 0 Å². The minimum Gasteiger partial charge on any atom is -0.352 e. The Bertz CT molecular complexity index is 985. The van der Waals surface area contributed by atoms with E-state index in [1.54, 1.807) is 18.2 Å². The molecule has 1 N–H and O–H groups in total. The number of nitrogens with one attached hydrogen (secondary N) is 1. The molecule has 0 radical (unpaired) electrons. The predicted molar refractivity (Wildman–Crippen MR) is 106 cm³/mol. The van der Waals surface area contributed by atoms with Crippen molar-refractivity contribution in [2.24, 2.45) is 0 Å². The summed E-state index contributed by atoms with van der Waals surface area (Å²) < 4.78 is 14.2. The minimum atomic E-state index is -0.363. The highest BCUT2D eigenvalue weighted by atomic mass is 19.1. The summed E-state index contributed by atoms with van der Waals surface area (Å²) in [4.78, 5) is 24.4. The van der Waals surface area contributed by atoms with Gasteiger partial charge in [-0.25, -0.2) is 9.07 Å². The van der Waals surface area contributed by atoms with Crippen LogP contribution in [0.2, 0.25) is 0 Å². The van der Waals surface area contributed by atoms with Crippen molar-refractivity contribution in [3.8, 4) is 11.3 Å². The largest absolute Gasteiger partial charge is 0.352 e. The summed E-state index contributed by atoms with van der Waals surface area (Å²) in [5, 5.41) is 7.14. The van der Waals surface area contributed by atoms with E-state index in [0.717, 1.165) is 17.5 Å². The predicted octanol–water partition coefficient (Wildman–Crippen LogP) is 3.19. The van der Waals surface area contributed by atoms with Gasteiger partial charge in [-0.3, -0.25) is 9.59 Å². The maximum Gasteiger partial charge on any atom is 0.267 e. The van der Waals surface area contributed by atoms with Gasteiger partial charge in [0.25, 0.3) is 5.56 Å².